The zero-order valence-electron chi connectivity index (χ0n) is 4.28. The molecule has 0 fully saturated rings. The number of aliphatic hydroxyl groups is 2. The molecule has 1 nitrogen and oxygen atoms in total. The standard InChI is InChI=1S/C5H12O/c1-3-4-5-6-2/h6H,2-5H2,1H3. The molecule has 0 heterocycles. The van der Waals surface area contributed by atoms with Crippen LogP contribution < -0.4 is 0 Å². The van der Waals surface area contributed by atoms with Crippen molar-refractivity contribution in [3.05, 3.63) is 7.11 Å². The van der Waals surface area contributed by atoms with Crippen LogP contribution >= 0.6 is 0 Å². The predicted molar refractivity (Wildman–Crippen MR) is 27.4 cm³/mol. The van der Waals surface area contributed by atoms with Gasteiger partial charge in [0.25, 0.3) is 0 Å². The molecule has 0 aliphatic heterocycles. The Bertz CT molecular complexity index is 15.9. The number of unbranched alkanes of at least 4 members (excludes halogenated alkanes) is 1. The van der Waals surface area contributed by atoms with E-state index >= 15 is 0 Å². The van der Waals surface area contributed by atoms with Crippen LogP contribution in [0.1, 0.15) is 19.8 Å². The molecular weight excluding hydrogens is 76.1 g/mol. The second-order valence-electron chi connectivity index (χ2n) is 1.30. The normalized spacial score (nSPS) is 9.00. The predicted octanol–water partition coefficient (Wildman–Crippen LogP) is 1.11. The van der Waals surface area contributed by atoms with Crippen molar-refractivity contribution in [3.8, 4) is 0 Å². The van der Waals surface area contributed by atoms with Crippen molar-refractivity contribution in [2.24, 2.45) is 0 Å². The van der Waals surface area contributed by atoms with Crippen LogP contribution in [0.15, 0.2) is 0 Å². The molecule has 38 valence electrons. The first-order chi connectivity index (χ1) is 2.91. The average molecular weight is 88.2 g/mol. The van der Waals surface area contributed by atoms with Crippen LogP contribution in [0.5, 0.6) is 0 Å². The van der Waals surface area contributed by atoms with Gasteiger partial charge in [0.2, 0.25) is 0 Å². The van der Waals surface area contributed by atoms with Gasteiger partial charge in [0.05, 0.1) is 0 Å². The van der Waals surface area contributed by atoms with E-state index < -0.39 is 0 Å². The van der Waals surface area contributed by atoms with E-state index in [2.05, 4.69) is 18.8 Å². The van der Waals surface area contributed by atoms with Crippen LogP contribution in [0.2, 0.25) is 0 Å². The third-order valence-electron chi connectivity index (χ3n) is 0.670. The molecule has 0 aromatic rings. The minimum atomic E-state index is 0.927. The number of hydrogen-bond acceptors (Lipinski definition) is 0. The summed E-state index contributed by atoms with van der Waals surface area (Å²) in [5, 5.41) is 0. The highest BCUT2D eigenvalue weighted by Crippen LogP contribution is 1.82. The zero-order valence-corrected chi connectivity index (χ0v) is 4.28. The van der Waals surface area contributed by atoms with Crippen LogP contribution in [0.4, 0.5) is 0 Å². The molecule has 0 radical (unpaired) electrons. The van der Waals surface area contributed by atoms with Gasteiger partial charge in [-0.3, -0.25) is 0 Å². The summed E-state index contributed by atoms with van der Waals surface area (Å²) in [7, 11) is 3.35. The van der Waals surface area contributed by atoms with E-state index in [0.29, 0.717) is 0 Å². The average Bonchev–Trinajstić information content (AvgIpc) is 1.61. The Balaban J connectivity index is 2.34. The summed E-state index contributed by atoms with van der Waals surface area (Å²) in [5.74, 6) is 0. The summed E-state index contributed by atoms with van der Waals surface area (Å²) in [6.07, 6.45) is 2.41. The van der Waals surface area contributed by atoms with Crippen molar-refractivity contribution in [2.45, 2.75) is 19.8 Å². The Morgan fingerprint density at radius 2 is 2.33 bits per heavy atom. The molecule has 6 heavy (non-hydrogen) atoms. The Labute approximate surface area is 39.3 Å². The topological polar surface area (TPSA) is 12.8 Å². The highest BCUT2D eigenvalue weighted by molar-refractivity contribution is 4.26. The van der Waals surface area contributed by atoms with Crippen molar-refractivity contribution in [1.82, 2.24) is 0 Å². The lowest BCUT2D eigenvalue weighted by Crippen LogP contribution is -1.87. The van der Waals surface area contributed by atoms with Gasteiger partial charge in [-0.25, -0.2) is 0 Å². The van der Waals surface area contributed by atoms with E-state index in [9.17, 15) is 0 Å². The quantitative estimate of drug-likeness (QED) is 0.278. The third kappa shape index (κ3) is 3.96. The molecule has 0 unspecified atom stereocenters. The second kappa shape index (κ2) is 4.96. The van der Waals surface area contributed by atoms with Crippen molar-refractivity contribution >= 4 is 0 Å². The largest absolute Gasteiger partial charge is 0.582 e. The maximum Gasteiger partial charge on any atom is 0.119 e. The molecule has 0 aromatic heterocycles. The fraction of sp³-hybridized carbons (Fsp3) is 0.800. The van der Waals surface area contributed by atoms with Crippen LogP contribution in [-0.2, 0) is 0 Å². The minimum Gasteiger partial charge on any atom is -0.582 e. The van der Waals surface area contributed by atoms with Gasteiger partial charge in [-0.05, 0) is 6.42 Å². The first-order valence-electron chi connectivity index (χ1n) is 2.34. The second-order valence-corrected chi connectivity index (χ2v) is 1.30. The molecule has 0 rings (SSSR count). The summed E-state index contributed by atoms with van der Waals surface area (Å²) < 4.78 is 3.68. The molecule has 0 aliphatic rings. The van der Waals surface area contributed by atoms with Crippen molar-refractivity contribution < 1.29 is 4.74 Å². The van der Waals surface area contributed by atoms with E-state index in [1.165, 1.54) is 12.8 Å². The van der Waals surface area contributed by atoms with E-state index in [1.54, 1.807) is 0 Å². The van der Waals surface area contributed by atoms with E-state index in [1.807, 2.05) is 0 Å². The minimum absolute atomic E-state index is 0.927. The summed E-state index contributed by atoms with van der Waals surface area (Å²) >= 11 is 0. The van der Waals surface area contributed by atoms with Gasteiger partial charge in [-0.2, -0.15) is 0 Å². The molecule has 0 amide bonds. The lowest BCUT2D eigenvalue weighted by molar-refractivity contribution is 0.0539. The van der Waals surface area contributed by atoms with Gasteiger partial charge >= 0.3 is 0 Å². The lowest BCUT2D eigenvalue weighted by Gasteiger charge is -1.93. The maximum atomic E-state index is 3.68. The monoisotopic (exact) mass is 88.1 g/mol. The van der Waals surface area contributed by atoms with Crippen LogP contribution in [-0.4, -0.2) is 11.3 Å². The van der Waals surface area contributed by atoms with Gasteiger partial charge < -0.3 is 4.74 Å². The Morgan fingerprint density at radius 1 is 1.67 bits per heavy atom. The van der Waals surface area contributed by atoms with Crippen molar-refractivity contribution in [2.75, 3.05) is 6.61 Å². The first kappa shape index (κ1) is 5.96. The Morgan fingerprint density at radius 3 is 2.50 bits per heavy atom. The molecule has 1 N–H and O–H groups in total. The highest BCUT2D eigenvalue weighted by Gasteiger charge is 1.75. The number of rotatable bonds is 3. The van der Waals surface area contributed by atoms with Crippen molar-refractivity contribution in [1.29, 1.82) is 0 Å². The van der Waals surface area contributed by atoms with Gasteiger partial charge in [0.15, 0.2) is 0 Å². The maximum absolute atomic E-state index is 3.68. The summed E-state index contributed by atoms with van der Waals surface area (Å²) in [6.45, 7) is 3.07. The first-order valence-corrected chi connectivity index (χ1v) is 2.34. The Kier molecular flexibility index (Phi) is 4.93. The lowest BCUT2D eigenvalue weighted by atomic mass is 10.4. The van der Waals surface area contributed by atoms with Gasteiger partial charge in [0.1, 0.15) is 6.61 Å². The highest BCUT2D eigenvalue weighted by atomic mass is 16.5. The van der Waals surface area contributed by atoms with Crippen LogP contribution in [0, 0.1) is 7.11 Å². The van der Waals surface area contributed by atoms with Crippen LogP contribution in [0.25, 0.3) is 0 Å². The summed E-state index contributed by atoms with van der Waals surface area (Å²) in [4.78, 5) is 0. The number of hydrogen-bond donors (Lipinski definition) is 0. The molecule has 0 saturated carbocycles. The van der Waals surface area contributed by atoms with E-state index in [4.69, 9.17) is 0 Å². The molecule has 0 saturated heterocycles. The van der Waals surface area contributed by atoms with E-state index in [0.717, 1.165) is 6.61 Å². The molecule has 0 aliphatic carbocycles. The molecule has 0 aromatic carbocycles. The zero-order chi connectivity index (χ0) is 4.83. The molecule has 0 atom stereocenters. The molecular formula is C5H12O. The van der Waals surface area contributed by atoms with Gasteiger partial charge in [0, 0.05) is 6.42 Å². The van der Waals surface area contributed by atoms with Crippen molar-refractivity contribution in [3.63, 3.8) is 0 Å². The van der Waals surface area contributed by atoms with Gasteiger partial charge in [-0.1, -0.05) is 14.0 Å². The number of ether oxygens (including phenoxy) is 1. The fourth-order valence-corrected chi connectivity index (χ4v) is 0.270. The van der Waals surface area contributed by atoms with Gasteiger partial charge in [-0.15, -0.1) is 0 Å². The van der Waals surface area contributed by atoms with E-state index in [-0.39, 0.29) is 0 Å². The Hall–Kier alpha value is -0.0400. The molecule has 0 bridgehead atoms. The molecule has 0 spiro atoms. The molecule has 1 heteroatoms. The van der Waals surface area contributed by atoms with Crippen LogP contribution in [0.3, 0.4) is 0 Å². The third-order valence-corrected chi connectivity index (χ3v) is 0.670. The summed E-state index contributed by atoms with van der Waals surface area (Å²) in [5.41, 5.74) is 0. The SMILES string of the molecule is [CH2-][OH+]CCCC. The smallest absolute Gasteiger partial charge is 0.119 e. The fourth-order valence-electron chi connectivity index (χ4n) is 0.270. The summed E-state index contributed by atoms with van der Waals surface area (Å²) in [6, 6.07) is 0.